The average Bonchev–Trinajstić information content (AvgIpc) is 3.56. The molecule has 0 radical (unpaired) electrons. The quantitative estimate of drug-likeness (QED) is 0.262. The Balaban J connectivity index is 1.38. The minimum Gasteiger partial charge on any atom is -0.489 e. The fourth-order valence-electron chi connectivity index (χ4n) is 4.35. The molecule has 0 aliphatic carbocycles. The summed E-state index contributed by atoms with van der Waals surface area (Å²) in [6.07, 6.45) is 0.128. The molecule has 0 bridgehead atoms. The van der Waals surface area contributed by atoms with E-state index in [0.717, 1.165) is 42.4 Å². The molecule has 4 aromatic rings. The second-order valence-corrected chi connectivity index (χ2v) is 8.92. The molecule has 0 saturated carbocycles. The lowest BCUT2D eigenvalue weighted by molar-refractivity contribution is -0.137. The fourth-order valence-corrected chi connectivity index (χ4v) is 4.35. The van der Waals surface area contributed by atoms with E-state index in [9.17, 15) is 18.0 Å². The van der Waals surface area contributed by atoms with E-state index in [0.29, 0.717) is 5.69 Å². The van der Waals surface area contributed by atoms with E-state index in [-0.39, 0.29) is 35.0 Å². The minimum atomic E-state index is -4.61. The molecule has 1 fully saturated rings. The number of H-pyrrole nitrogens is 1. The summed E-state index contributed by atoms with van der Waals surface area (Å²) in [7, 11) is 0. The van der Waals surface area contributed by atoms with Crippen LogP contribution in [-0.2, 0) is 6.18 Å². The summed E-state index contributed by atoms with van der Waals surface area (Å²) >= 11 is 0. The zero-order valence-electron chi connectivity index (χ0n) is 19.9. The smallest absolute Gasteiger partial charge is 0.416 e. The molecule has 1 aliphatic heterocycles. The highest BCUT2D eigenvalue weighted by atomic mass is 19.4. The number of benzene rings is 2. The normalized spacial score (nSPS) is 16.5. The zero-order valence-corrected chi connectivity index (χ0v) is 19.9. The van der Waals surface area contributed by atoms with Gasteiger partial charge in [0.2, 0.25) is 0 Å². The highest BCUT2D eigenvalue weighted by Gasteiger charge is 2.32. The van der Waals surface area contributed by atoms with Crippen molar-refractivity contribution in [1.82, 2.24) is 20.5 Å². The highest BCUT2D eigenvalue weighted by Crippen LogP contribution is 2.35. The van der Waals surface area contributed by atoms with Gasteiger partial charge in [-0.15, -0.1) is 0 Å². The molecule has 2 unspecified atom stereocenters. The fraction of sp³-hybridized carbons (Fsp3) is 0.269. The SMILES string of the molecule is CC(Oc1cc(NC(=O)c2cccnc2Nc2ccc3cn[nH]c3c2)cc(C(F)(F)F)c1)C1CCCN1. The van der Waals surface area contributed by atoms with Crippen molar-refractivity contribution >= 4 is 34.0 Å². The molecule has 2 aromatic carbocycles. The van der Waals surface area contributed by atoms with Crippen LogP contribution < -0.4 is 20.7 Å². The summed E-state index contributed by atoms with van der Waals surface area (Å²) < 4.78 is 46.7. The van der Waals surface area contributed by atoms with Crippen LogP contribution in [0.1, 0.15) is 35.7 Å². The number of nitrogens with one attached hydrogen (secondary N) is 4. The van der Waals surface area contributed by atoms with Crippen LogP contribution in [0, 0.1) is 0 Å². The number of pyridine rings is 1. The van der Waals surface area contributed by atoms with Gasteiger partial charge in [0.25, 0.3) is 5.91 Å². The van der Waals surface area contributed by atoms with Crippen molar-refractivity contribution in [2.45, 2.75) is 38.1 Å². The number of ether oxygens (including phenoxy) is 1. The maximum atomic E-state index is 13.6. The van der Waals surface area contributed by atoms with Crippen molar-refractivity contribution in [3.05, 3.63) is 72.1 Å². The van der Waals surface area contributed by atoms with Gasteiger partial charge in [0.15, 0.2) is 0 Å². The van der Waals surface area contributed by atoms with Crippen LogP contribution in [0.15, 0.2) is 60.9 Å². The average molecular weight is 511 g/mol. The third-order valence-corrected chi connectivity index (χ3v) is 6.24. The summed E-state index contributed by atoms with van der Waals surface area (Å²) in [6, 6.07) is 11.9. The molecule has 1 amide bonds. The number of halogens is 3. The third kappa shape index (κ3) is 5.67. The van der Waals surface area contributed by atoms with Crippen LogP contribution in [0.4, 0.5) is 30.4 Å². The van der Waals surface area contributed by atoms with Crippen molar-refractivity contribution in [2.75, 3.05) is 17.2 Å². The van der Waals surface area contributed by atoms with Crippen molar-refractivity contribution in [3.8, 4) is 5.75 Å². The lowest BCUT2D eigenvalue weighted by atomic mass is 10.1. The number of hydrogen-bond acceptors (Lipinski definition) is 6. The van der Waals surface area contributed by atoms with E-state index in [1.165, 1.54) is 18.3 Å². The van der Waals surface area contributed by atoms with Gasteiger partial charge < -0.3 is 20.7 Å². The molecular weight excluding hydrogens is 485 g/mol. The Morgan fingerprint density at radius 1 is 1.16 bits per heavy atom. The summed E-state index contributed by atoms with van der Waals surface area (Å²) in [5, 5.41) is 16.7. The number of carbonyl (C=O) groups is 1. The maximum Gasteiger partial charge on any atom is 0.416 e. The molecule has 2 atom stereocenters. The third-order valence-electron chi connectivity index (χ3n) is 6.24. The minimum absolute atomic E-state index is 0.0312. The van der Waals surface area contributed by atoms with E-state index >= 15 is 0 Å². The van der Waals surface area contributed by atoms with Gasteiger partial charge in [0.05, 0.1) is 22.8 Å². The number of fused-ring (bicyclic) bond motifs is 1. The number of carbonyl (C=O) groups excluding carboxylic acids is 1. The molecular formula is C26H25F3N6O2. The Hall–Kier alpha value is -4.12. The first-order chi connectivity index (χ1) is 17.8. The Morgan fingerprint density at radius 2 is 2.03 bits per heavy atom. The highest BCUT2D eigenvalue weighted by molar-refractivity contribution is 6.08. The number of alkyl halides is 3. The molecule has 2 aromatic heterocycles. The molecule has 5 rings (SSSR count). The van der Waals surface area contributed by atoms with Gasteiger partial charge in [-0.3, -0.25) is 9.89 Å². The molecule has 1 aliphatic rings. The van der Waals surface area contributed by atoms with E-state index in [4.69, 9.17) is 4.74 Å². The molecule has 0 spiro atoms. The van der Waals surface area contributed by atoms with Gasteiger partial charge in [-0.05, 0) is 68.8 Å². The number of anilines is 3. The van der Waals surface area contributed by atoms with Crippen molar-refractivity contribution in [2.24, 2.45) is 0 Å². The lowest BCUT2D eigenvalue weighted by Crippen LogP contribution is -2.36. The Kier molecular flexibility index (Phi) is 6.70. The van der Waals surface area contributed by atoms with Crippen LogP contribution in [-0.4, -0.2) is 39.8 Å². The largest absolute Gasteiger partial charge is 0.489 e. The predicted molar refractivity (Wildman–Crippen MR) is 134 cm³/mol. The number of nitrogens with zero attached hydrogens (tertiary/aromatic N) is 2. The van der Waals surface area contributed by atoms with E-state index in [1.54, 1.807) is 12.3 Å². The van der Waals surface area contributed by atoms with Gasteiger partial charge >= 0.3 is 6.18 Å². The first kappa shape index (κ1) is 24.6. The van der Waals surface area contributed by atoms with Crippen LogP contribution in [0.5, 0.6) is 5.75 Å². The molecule has 4 N–H and O–H groups in total. The van der Waals surface area contributed by atoms with Crippen LogP contribution in [0.3, 0.4) is 0 Å². The van der Waals surface area contributed by atoms with E-state index < -0.39 is 17.6 Å². The first-order valence-electron chi connectivity index (χ1n) is 11.8. The molecule has 1 saturated heterocycles. The number of hydrogen-bond donors (Lipinski definition) is 4. The molecule has 8 nitrogen and oxygen atoms in total. The van der Waals surface area contributed by atoms with Crippen molar-refractivity contribution < 1.29 is 22.7 Å². The molecule has 37 heavy (non-hydrogen) atoms. The Labute approximate surface area is 210 Å². The van der Waals surface area contributed by atoms with Gasteiger partial charge in [0.1, 0.15) is 17.7 Å². The number of amides is 1. The van der Waals surface area contributed by atoms with Gasteiger partial charge in [0, 0.05) is 35.1 Å². The molecule has 192 valence electrons. The summed E-state index contributed by atoms with van der Waals surface area (Å²) in [6.45, 7) is 2.66. The summed E-state index contributed by atoms with van der Waals surface area (Å²) in [4.78, 5) is 17.4. The second kappa shape index (κ2) is 10.1. The Morgan fingerprint density at radius 3 is 2.81 bits per heavy atom. The van der Waals surface area contributed by atoms with E-state index in [2.05, 4.69) is 31.1 Å². The second-order valence-electron chi connectivity index (χ2n) is 8.92. The van der Waals surface area contributed by atoms with Gasteiger partial charge in [-0.25, -0.2) is 4.98 Å². The molecule has 11 heteroatoms. The maximum absolute atomic E-state index is 13.6. The van der Waals surface area contributed by atoms with Gasteiger partial charge in [-0.2, -0.15) is 18.3 Å². The number of aromatic nitrogens is 3. The number of aromatic amines is 1. The lowest BCUT2D eigenvalue weighted by Gasteiger charge is -2.22. The van der Waals surface area contributed by atoms with Crippen molar-refractivity contribution in [3.63, 3.8) is 0 Å². The standard InChI is InChI=1S/C26H25F3N6O2/c1-15(22-5-3-8-30-22)37-20-11-17(26(27,28)29)10-19(12-20)34-25(36)21-4-2-9-31-24(21)33-18-7-6-16-14-32-35-23(16)13-18/h2,4,6-7,9-15,22,30H,3,5,8H2,1H3,(H,31,33)(H,32,35)(H,34,36). The topological polar surface area (TPSA) is 104 Å². The van der Waals surface area contributed by atoms with Gasteiger partial charge in [-0.1, -0.05) is 0 Å². The monoisotopic (exact) mass is 510 g/mol. The van der Waals surface area contributed by atoms with Crippen LogP contribution >= 0.6 is 0 Å². The van der Waals surface area contributed by atoms with E-state index in [1.807, 2.05) is 25.1 Å². The van der Waals surface area contributed by atoms with Crippen LogP contribution in [0.2, 0.25) is 0 Å². The summed E-state index contributed by atoms with van der Waals surface area (Å²) in [5.41, 5.74) is 0.675. The Bertz CT molecular complexity index is 1410. The first-order valence-corrected chi connectivity index (χ1v) is 11.8. The zero-order chi connectivity index (χ0) is 26.0. The summed E-state index contributed by atoms with van der Waals surface area (Å²) in [5.74, 6) is -0.332. The molecule has 3 heterocycles. The number of rotatable bonds is 7. The predicted octanol–water partition coefficient (Wildman–Crippen LogP) is 5.49. The van der Waals surface area contributed by atoms with Crippen LogP contribution in [0.25, 0.3) is 10.9 Å². The van der Waals surface area contributed by atoms with Crippen molar-refractivity contribution in [1.29, 1.82) is 0 Å².